The largest absolute Gasteiger partial charge is 0.530 e. The van der Waals surface area contributed by atoms with Crippen molar-refractivity contribution in [3.63, 3.8) is 0 Å². The Balaban J connectivity index is 2.19. The van der Waals surface area contributed by atoms with Crippen molar-refractivity contribution in [2.45, 2.75) is 44.8 Å². The number of ether oxygens (including phenoxy) is 1. The molecule has 160 valence electrons. The van der Waals surface area contributed by atoms with Crippen molar-refractivity contribution in [2.24, 2.45) is 5.92 Å². The van der Waals surface area contributed by atoms with Crippen LogP contribution in [0.4, 0.5) is 22.4 Å². The average Bonchev–Trinajstić information content (AvgIpc) is 2.60. The number of ketones is 1. The minimum Gasteiger partial charge on any atom is -0.530 e. The Bertz CT molecular complexity index is 780. The number of Topliss-reactive ketones (excluding diaryl/α,β-unsaturated/α-hetero) is 1. The molecule has 1 aromatic rings. The fourth-order valence-electron chi connectivity index (χ4n) is 3.48. The number of carbonyl (C=O) groups excluding carboxylic acids is 3. The number of alkyl halides is 3. The Morgan fingerprint density at radius 2 is 1.93 bits per heavy atom. The number of hydrogen-bond donors (Lipinski definition) is 0. The minimum atomic E-state index is -4.75. The number of likely N-dealkylation sites (tertiary alicyclic amines) is 1. The Morgan fingerprint density at radius 3 is 2.52 bits per heavy atom. The van der Waals surface area contributed by atoms with E-state index in [1.807, 2.05) is 0 Å². The lowest BCUT2D eigenvalue weighted by atomic mass is 9.84. The quantitative estimate of drug-likeness (QED) is 0.402. The molecule has 10 heteroatoms. The molecule has 0 saturated carbocycles. The molecule has 0 bridgehead atoms. The maximum atomic E-state index is 13.6. The van der Waals surface area contributed by atoms with Crippen molar-refractivity contribution in [3.05, 3.63) is 35.1 Å². The van der Waals surface area contributed by atoms with E-state index in [1.165, 1.54) is 0 Å². The van der Waals surface area contributed by atoms with Crippen LogP contribution in [0.15, 0.2) is 18.2 Å². The molecule has 0 unspecified atom stereocenters. The third kappa shape index (κ3) is 6.16. The van der Waals surface area contributed by atoms with E-state index in [1.54, 1.807) is 6.92 Å². The van der Waals surface area contributed by atoms with Crippen molar-refractivity contribution >= 4 is 17.8 Å². The molecular weight excluding hydrogens is 398 g/mol. The molecule has 1 aliphatic heterocycles. The average molecular weight is 418 g/mol. The van der Waals surface area contributed by atoms with Gasteiger partial charge in [0.25, 0.3) is 0 Å². The van der Waals surface area contributed by atoms with Crippen molar-refractivity contribution in [3.8, 4) is 0 Å². The van der Waals surface area contributed by atoms with Crippen LogP contribution in [0.25, 0.3) is 0 Å². The van der Waals surface area contributed by atoms with Gasteiger partial charge in [-0.3, -0.25) is 9.59 Å². The van der Waals surface area contributed by atoms with Gasteiger partial charge in [-0.15, -0.1) is 0 Å². The van der Waals surface area contributed by atoms with E-state index in [0.29, 0.717) is 6.07 Å². The maximum Gasteiger partial charge on any atom is 0.416 e. The molecule has 0 spiro atoms. The molecule has 0 N–H and O–H groups in total. The molecule has 1 amide bonds. The monoisotopic (exact) mass is 418 g/mol. The molecule has 1 fully saturated rings. The first-order valence-corrected chi connectivity index (χ1v) is 9.03. The van der Waals surface area contributed by atoms with Crippen LogP contribution in [0.5, 0.6) is 0 Å². The van der Waals surface area contributed by atoms with Crippen molar-refractivity contribution in [1.29, 1.82) is 0 Å². The van der Waals surface area contributed by atoms with Gasteiger partial charge < -0.3 is 19.5 Å². The van der Waals surface area contributed by atoms with Gasteiger partial charge in [0.05, 0.1) is 12.2 Å². The first-order chi connectivity index (χ1) is 13.5. The molecule has 0 aliphatic carbocycles. The molecule has 1 heterocycles. The van der Waals surface area contributed by atoms with E-state index < -0.39 is 53.8 Å². The van der Waals surface area contributed by atoms with Crippen LogP contribution in [0.3, 0.4) is 0 Å². The van der Waals surface area contributed by atoms with E-state index in [9.17, 15) is 37.1 Å². The smallest absolute Gasteiger partial charge is 0.416 e. The summed E-state index contributed by atoms with van der Waals surface area (Å²) in [6.45, 7) is 1.62. The summed E-state index contributed by atoms with van der Waals surface area (Å²) < 4.78 is 57.1. The highest BCUT2D eigenvalue weighted by Gasteiger charge is 2.35. The number of carboxylic acid groups (broad SMARTS) is 1. The summed E-state index contributed by atoms with van der Waals surface area (Å²) in [5.74, 6) is -2.88. The van der Waals surface area contributed by atoms with E-state index >= 15 is 0 Å². The van der Waals surface area contributed by atoms with Crippen LogP contribution >= 0.6 is 0 Å². The Kier molecular flexibility index (Phi) is 7.21. The van der Waals surface area contributed by atoms with Gasteiger partial charge in [-0.2, -0.15) is 13.2 Å². The fraction of sp³-hybridized carbons (Fsp3) is 0.526. The Hall–Kier alpha value is -2.65. The number of carbonyl (C=O) groups is 3. The van der Waals surface area contributed by atoms with Crippen molar-refractivity contribution in [2.75, 3.05) is 13.2 Å². The number of esters is 1. The lowest BCUT2D eigenvalue weighted by Crippen LogP contribution is -2.53. The van der Waals surface area contributed by atoms with Gasteiger partial charge in [-0.05, 0) is 49.9 Å². The number of piperidine rings is 1. The second-order valence-electron chi connectivity index (χ2n) is 6.83. The fourth-order valence-corrected chi connectivity index (χ4v) is 3.48. The molecule has 1 aliphatic rings. The first kappa shape index (κ1) is 22.6. The molecule has 6 nitrogen and oxygen atoms in total. The second-order valence-corrected chi connectivity index (χ2v) is 6.83. The molecule has 0 aromatic heterocycles. The van der Waals surface area contributed by atoms with E-state index in [2.05, 4.69) is 0 Å². The molecular formula is C19H20F4NO5-. The first-order valence-electron chi connectivity index (χ1n) is 9.03. The van der Waals surface area contributed by atoms with Crippen LogP contribution in [0.2, 0.25) is 0 Å². The van der Waals surface area contributed by atoms with Gasteiger partial charge in [-0.1, -0.05) is 0 Å². The van der Waals surface area contributed by atoms with Crippen molar-refractivity contribution in [1.82, 2.24) is 4.90 Å². The number of rotatable bonds is 6. The SMILES string of the molecule is CCOC(=O)CC(=O)[C@@H]1CCN(C(=O)[O-])[C@@H](Cc2cc(F)cc(C(F)(F)F)c2)C1. The summed E-state index contributed by atoms with van der Waals surface area (Å²) in [6.07, 6.45) is -6.83. The van der Waals surface area contributed by atoms with Gasteiger partial charge in [0.15, 0.2) is 0 Å². The molecule has 1 saturated heterocycles. The highest BCUT2D eigenvalue weighted by molar-refractivity contribution is 5.96. The lowest BCUT2D eigenvalue weighted by Gasteiger charge is -2.41. The van der Waals surface area contributed by atoms with Crippen molar-refractivity contribution < 1.29 is 41.8 Å². The second kappa shape index (κ2) is 9.23. The number of nitrogens with zero attached hydrogens (tertiary/aromatic N) is 1. The number of halogens is 4. The van der Waals surface area contributed by atoms with E-state index in [0.717, 1.165) is 17.0 Å². The molecule has 0 radical (unpaired) electrons. The summed E-state index contributed by atoms with van der Waals surface area (Å²) >= 11 is 0. The normalized spacial score (nSPS) is 19.7. The predicted molar refractivity (Wildman–Crippen MR) is 90.0 cm³/mol. The minimum absolute atomic E-state index is 0.00984. The third-order valence-corrected chi connectivity index (χ3v) is 4.79. The number of hydrogen-bond acceptors (Lipinski definition) is 5. The summed E-state index contributed by atoms with van der Waals surface area (Å²) in [5, 5.41) is 11.4. The van der Waals surface area contributed by atoms with Crippen LogP contribution in [-0.4, -0.2) is 41.9 Å². The zero-order valence-corrected chi connectivity index (χ0v) is 15.6. The summed E-state index contributed by atoms with van der Waals surface area (Å²) in [4.78, 5) is 36.1. The third-order valence-electron chi connectivity index (χ3n) is 4.79. The van der Waals surface area contributed by atoms with E-state index in [-0.39, 0.29) is 38.0 Å². The Morgan fingerprint density at radius 1 is 1.24 bits per heavy atom. The van der Waals surface area contributed by atoms with Gasteiger partial charge in [0, 0.05) is 18.5 Å². The Labute approximate surface area is 164 Å². The summed E-state index contributed by atoms with van der Waals surface area (Å²) in [5.41, 5.74) is -1.23. The highest BCUT2D eigenvalue weighted by Crippen LogP contribution is 2.32. The predicted octanol–water partition coefficient (Wildman–Crippen LogP) is 2.33. The summed E-state index contributed by atoms with van der Waals surface area (Å²) in [7, 11) is 0. The molecule has 29 heavy (non-hydrogen) atoms. The number of benzene rings is 1. The van der Waals surface area contributed by atoms with Crippen LogP contribution in [0, 0.1) is 11.7 Å². The summed E-state index contributed by atoms with van der Waals surface area (Å²) in [6, 6.07) is 1.12. The maximum absolute atomic E-state index is 13.6. The number of amides is 1. The topological polar surface area (TPSA) is 86.7 Å². The van der Waals surface area contributed by atoms with Gasteiger partial charge in [0.1, 0.15) is 24.1 Å². The zero-order valence-electron chi connectivity index (χ0n) is 15.6. The van der Waals surface area contributed by atoms with Gasteiger partial charge in [0.2, 0.25) is 0 Å². The van der Waals surface area contributed by atoms with Gasteiger partial charge in [-0.25, -0.2) is 4.39 Å². The van der Waals surface area contributed by atoms with Crippen LogP contribution in [0.1, 0.15) is 37.3 Å². The molecule has 1 aromatic carbocycles. The standard InChI is InChI=1S/C19H21F4NO5/c1-2-29-17(26)10-16(25)12-3-4-24(18(27)28)15(8-12)7-11-5-13(19(21,22)23)9-14(20)6-11/h5-6,9,12,15H,2-4,7-8,10H2,1H3,(H,27,28)/p-1/t12-,15+/m1/s1. The van der Waals surface area contributed by atoms with Gasteiger partial charge >= 0.3 is 12.1 Å². The van der Waals surface area contributed by atoms with Crippen LogP contribution < -0.4 is 5.11 Å². The van der Waals surface area contributed by atoms with Crippen LogP contribution in [-0.2, 0) is 26.9 Å². The lowest BCUT2D eigenvalue weighted by molar-refractivity contribution is -0.269. The highest BCUT2D eigenvalue weighted by atomic mass is 19.4. The molecule has 2 rings (SSSR count). The van der Waals surface area contributed by atoms with E-state index in [4.69, 9.17) is 4.74 Å². The molecule has 2 atom stereocenters. The zero-order chi connectivity index (χ0) is 21.8.